The van der Waals surface area contributed by atoms with Gasteiger partial charge in [0.15, 0.2) is 0 Å². The van der Waals surface area contributed by atoms with E-state index < -0.39 is 35.6 Å². The molecule has 2 unspecified atom stereocenters. The molecular weight excluding hydrogens is 541 g/mol. The molecule has 4 rings (SSSR count). The fourth-order valence-electron chi connectivity index (χ4n) is 4.57. The Labute approximate surface area is 233 Å². The molecule has 1 saturated heterocycles. The number of rotatable bonds is 11. The van der Waals surface area contributed by atoms with E-state index in [4.69, 9.17) is 0 Å². The predicted octanol–water partition coefficient (Wildman–Crippen LogP) is 4.06. The van der Waals surface area contributed by atoms with Gasteiger partial charge >= 0.3 is 12.1 Å². The summed E-state index contributed by atoms with van der Waals surface area (Å²) in [6, 6.07) is 19.0. The SMILES string of the molecule is O=CN(NCc1cccc(C(F)(F)F)c1)c1cccc(N2CC(C(=O)NC(CC(=O)O)c3ccccc3)CC2=O)c1. The minimum absolute atomic E-state index is 0.0431. The zero-order valence-electron chi connectivity index (χ0n) is 21.7. The van der Waals surface area contributed by atoms with Gasteiger partial charge in [-0.05, 0) is 35.4 Å². The number of amides is 3. The maximum atomic E-state index is 13.0. The number of carbonyl (C=O) groups is 4. The second kappa shape index (κ2) is 12.6. The smallest absolute Gasteiger partial charge is 0.416 e. The Kier molecular flexibility index (Phi) is 9.03. The van der Waals surface area contributed by atoms with Crippen LogP contribution in [-0.2, 0) is 31.9 Å². The number of carboxylic acids is 1. The van der Waals surface area contributed by atoms with Crippen molar-refractivity contribution >= 4 is 35.6 Å². The van der Waals surface area contributed by atoms with E-state index in [0.717, 1.165) is 17.1 Å². The molecule has 3 amide bonds. The maximum Gasteiger partial charge on any atom is 0.416 e. The van der Waals surface area contributed by atoms with Crippen molar-refractivity contribution in [2.75, 3.05) is 16.5 Å². The molecule has 1 fully saturated rings. The predicted molar refractivity (Wildman–Crippen MR) is 143 cm³/mol. The van der Waals surface area contributed by atoms with Gasteiger partial charge in [-0.25, -0.2) is 10.4 Å². The second-order valence-corrected chi connectivity index (χ2v) is 9.50. The molecule has 3 aromatic carbocycles. The third-order valence-electron chi connectivity index (χ3n) is 6.63. The van der Waals surface area contributed by atoms with Gasteiger partial charge in [0.05, 0.1) is 29.6 Å². The molecule has 9 nitrogen and oxygen atoms in total. The summed E-state index contributed by atoms with van der Waals surface area (Å²) in [7, 11) is 0. The molecule has 0 aliphatic carbocycles. The normalized spacial score (nSPS) is 15.8. The summed E-state index contributed by atoms with van der Waals surface area (Å²) < 4.78 is 39.1. The van der Waals surface area contributed by atoms with Crippen molar-refractivity contribution in [1.29, 1.82) is 0 Å². The topological polar surface area (TPSA) is 119 Å². The Bertz CT molecular complexity index is 1420. The minimum atomic E-state index is -4.50. The van der Waals surface area contributed by atoms with Crippen molar-refractivity contribution in [1.82, 2.24) is 10.7 Å². The summed E-state index contributed by atoms with van der Waals surface area (Å²) >= 11 is 0. The number of nitrogens with one attached hydrogen (secondary N) is 2. The van der Waals surface area contributed by atoms with Crippen LogP contribution < -0.4 is 20.7 Å². The maximum absolute atomic E-state index is 13.0. The zero-order chi connectivity index (χ0) is 29.6. The van der Waals surface area contributed by atoms with Crippen LogP contribution in [0.15, 0.2) is 78.9 Å². The van der Waals surface area contributed by atoms with Gasteiger partial charge < -0.3 is 15.3 Å². The summed E-state index contributed by atoms with van der Waals surface area (Å²) in [4.78, 5) is 50.5. The van der Waals surface area contributed by atoms with E-state index in [1.807, 2.05) is 0 Å². The number of halogens is 3. The quantitative estimate of drug-likeness (QED) is 0.237. The first-order chi connectivity index (χ1) is 19.5. The van der Waals surface area contributed by atoms with Crippen LogP contribution in [0.5, 0.6) is 0 Å². The fraction of sp³-hybridized carbons (Fsp3) is 0.241. The Balaban J connectivity index is 1.43. The lowest BCUT2D eigenvalue weighted by Crippen LogP contribution is -2.37. The molecule has 41 heavy (non-hydrogen) atoms. The van der Waals surface area contributed by atoms with Crippen molar-refractivity contribution < 1.29 is 37.5 Å². The van der Waals surface area contributed by atoms with E-state index in [1.54, 1.807) is 54.6 Å². The molecule has 12 heteroatoms. The Hall–Kier alpha value is -4.71. The van der Waals surface area contributed by atoms with Crippen molar-refractivity contribution in [3.8, 4) is 0 Å². The monoisotopic (exact) mass is 568 g/mol. The van der Waals surface area contributed by atoms with E-state index in [2.05, 4.69) is 10.7 Å². The van der Waals surface area contributed by atoms with Crippen LogP contribution in [0.1, 0.15) is 35.6 Å². The molecule has 3 N–H and O–H groups in total. The molecule has 0 saturated carbocycles. The number of alkyl halides is 3. The lowest BCUT2D eigenvalue weighted by atomic mass is 10.0. The van der Waals surface area contributed by atoms with E-state index in [1.165, 1.54) is 17.0 Å². The fourth-order valence-corrected chi connectivity index (χ4v) is 4.57. The molecule has 0 spiro atoms. The Morgan fingerprint density at radius 1 is 1.05 bits per heavy atom. The summed E-state index contributed by atoms with van der Waals surface area (Å²) in [5, 5.41) is 13.1. The highest BCUT2D eigenvalue weighted by Crippen LogP contribution is 2.31. The first-order valence-electron chi connectivity index (χ1n) is 12.7. The lowest BCUT2D eigenvalue weighted by molar-refractivity contribution is -0.138. The van der Waals surface area contributed by atoms with Crippen LogP contribution in [-0.4, -0.2) is 35.8 Å². The van der Waals surface area contributed by atoms with Gasteiger partial charge in [-0.1, -0.05) is 54.6 Å². The molecule has 1 aliphatic rings. The highest BCUT2D eigenvalue weighted by molar-refractivity contribution is 6.01. The van der Waals surface area contributed by atoms with Crippen molar-refractivity contribution in [3.05, 3.63) is 95.6 Å². The molecule has 214 valence electrons. The van der Waals surface area contributed by atoms with Gasteiger partial charge in [-0.2, -0.15) is 13.2 Å². The summed E-state index contributed by atoms with van der Waals surface area (Å²) in [5.74, 6) is -2.59. The number of nitrogens with zero attached hydrogens (tertiary/aromatic N) is 2. The highest BCUT2D eigenvalue weighted by Gasteiger charge is 2.36. The largest absolute Gasteiger partial charge is 0.481 e. The summed E-state index contributed by atoms with van der Waals surface area (Å²) in [5.41, 5.74) is 3.65. The second-order valence-electron chi connectivity index (χ2n) is 9.50. The first kappa shape index (κ1) is 29.3. The van der Waals surface area contributed by atoms with E-state index in [0.29, 0.717) is 28.9 Å². The van der Waals surface area contributed by atoms with Gasteiger partial charge in [0.2, 0.25) is 18.2 Å². The number of anilines is 2. The molecule has 0 bridgehead atoms. The van der Waals surface area contributed by atoms with E-state index in [9.17, 15) is 37.5 Å². The summed E-state index contributed by atoms with van der Waals surface area (Å²) in [6.07, 6.45) is -4.45. The van der Waals surface area contributed by atoms with Crippen LogP contribution in [0.4, 0.5) is 24.5 Å². The van der Waals surface area contributed by atoms with Crippen molar-refractivity contribution in [2.24, 2.45) is 5.92 Å². The first-order valence-corrected chi connectivity index (χ1v) is 12.7. The average Bonchev–Trinajstić information content (AvgIpc) is 3.35. The molecular formula is C29H27F3N4O5. The Morgan fingerprint density at radius 2 is 1.78 bits per heavy atom. The highest BCUT2D eigenvalue weighted by atomic mass is 19.4. The molecule has 0 aromatic heterocycles. The third kappa shape index (κ3) is 7.48. The summed E-state index contributed by atoms with van der Waals surface area (Å²) in [6.45, 7) is -0.0296. The number of carbonyl (C=O) groups excluding carboxylic acids is 3. The number of hydrogen-bond acceptors (Lipinski definition) is 5. The van der Waals surface area contributed by atoms with Gasteiger partial charge in [0, 0.05) is 25.2 Å². The van der Waals surface area contributed by atoms with Crippen LogP contribution in [0.25, 0.3) is 0 Å². The van der Waals surface area contributed by atoms with Crippen LogP contribution in [0.2, 0.25) is 0 Å². The number of hydrogen-bond donors (Lipinski definition) is 3. The number of benzene rings is 3. The third-order valence-corrected chi connectivity index (χ3v) is 6.63. The van der Waals surface area contributed by atoms with Crippen LogP contribution in [0, 0.1) is 5.92 Å². The van der Waals surface area contributed by atoms with Crippen molar-refractivity contribution in [2.45, 2.75) is 31.6 Å². The van der Waals surface area contributed by atoms with Gasteiger partial charge in [0.1, 0.15) is 0 Å². The number of hydrazine groups is 1. The van der Waals surface area contributed by atoms with E-state index >= 15 is 0 Å². The zero-order valence-corrected chi connectivity index (χ0v) is 21.7. The molecule has 2 atom stereocenters. The van der Waals surface area contributed by atoms with Crippen LogP contribution in [0.3, 0.4) is 0 Å². The van der Waals surface area contributed by atoms with Gasteiger partial charge in [-0.15, -0.1) is 0 Å². The Morgan fingerprint density at radius 3 is 2.46 bits per heavy atom. The van der Waals surface area contributed by atoms with Crippen LogP contribution >= 0.6 is 0 Å². The molecule has 1 aliphatic heterocycles. The average molecular weight is 569 g/mol. The van der Waals surface area contributed by atoms with Crippen molar-refractivity contribution in [3.63, 3.8) is 0 Å². The minimum Gasteiger partial charge on any atom is -0.481 e. The van der Waals surface area contributed by atoms with E-state index in [-0.39, 0.29) is 31.8 Å². The molecule has 0 radical (unpaired) electrons. The van der Waals surface area contributed by atoms with Gasteiger partial charge in [-0.3, -0.25) is 19.2 Å². The standard InChI is InChI=1S/C29H27F3N4O5/c30-29(31,32)22-9-4-6-19(12-22)16-33-36(18-37)24-11-5-10-23(14-24)35-17-21(13-26(35)38)28(41)34-25(15-27(39)40)20-7-2-1-3-8-20/h1-12,14,18,21,25,33H,13,15-17H2,(H,34,41)(H,39,40). The number of aliphatic carboxylic acids is 1. The molecule has 1 heterocycles. The molecule has 3 aromatic rings. The van der Waals surface area contributed by atoms with Gasteiger partial charge in [0.25, 0.3) is 0 Å². The lowest BCUT2D eigenvalue weighted by Gasteiger charge is -2.23. The number of carboxylic acid groups (broad SMARTS) is 1.